The van der Waals surface area contributed by atoms with E-state index in [1.807, 2.05) is 24.3 Å². The molecule has 2 aliphatic heterocycles. The fourth-order valence-corrected chi connectivity index (χ4v) is 3.93. The monoisotopic (exact) mass is 387 g/mol. The SMILES string of the molecule is Cl.Cl.Nc1ccccc1CCC(=O)N1CCC(N2CCCCC2)CC1. The number of para-hydroxylation sites is 1. The minimum atomic E-state index is 0. The molecule has 0 atom stereocenters. The molecule has 2 saturated heterocycles. The third-order valence-corrected chi connectivity index (χ3v) is 5.39. The zero-order valence-electron chi connectivity index (χ0n) is 14.9. The van der Waals surface area contributed by atoms with Gasteiger partial charge in [0.2, 0.25) is 5.91 Å². The van der Waals surface area contributed by atoms with Gasteiger partial charge in [-0.25, -0.2) is 0 Å². The van der Waals surface area contributed by atoms with Crippen molar-refractivity contribution in [3.63, 3.8) is 0 Å². The zero-order valence-corrected chi connectivity index (χ0v) is 16.5. The average Bonchev–Trinajstić information content (AvgIpc) is 2.62. The van der Waals surface area contributed by atoms with Gasteiger partial charge in [0, 0.05) is 31.2 Å². The molecule has 6 heteroatoms. The number of rotatable bonds is 4. The summed E-state index contributed by atoms with van der Waals surface area (Å²) in [5, 5.41) is 0. The summed E-state index contributed by atoms with van der Waals surface area (Å²) in [6.07, 6.45) is 7.67. The number of hydrogen-bond acceptors (Lipinski definition) is 3. The number of nitrogens with two attached hydrogens (primary N) is 1. The molecule has 2 fully saturated rings. The van der Waals surface area contributed by atoms with Crippen LogP contribution in [0.4, 0.5) is 5.69 Å². The topological polar surface area (TPSA) is 49.6 Å². The van der Waals surface area contributed by atoms with E-state index < -0.39 is 0 Å². The number of anilines is 1. The lowest BCUT2D eigenvalue weighted by Crippen LogP contribution is -2.48. The van der Waals surface area contributed by atoms with Crippen LogP contribution in [0.5, 0.6) is 0 Å². The Morgan fingerprint density at radius 1 is 1.00 bits per heavy atom. The Kier molecular flexibility index (Phi) is 9.62. The summed E-state index contributed by atoms with van der Waals surface area (Å²) in [7, 11) is 0. The largest absolute Gasteiger partial charge is 0.399 e. The van der Waals surface area contributed by atoms with Crippen molar-refractivity contribution >= 4 is 36.4 Å². The molecule has 1 amide bonds. The Morgan fingerprint density at radius 2 is 1.64 bits per heavy atom. The van der Waals surface area contributed by atoms with Crippen molar-refractivity contribution in [2.24, 2.45) is 0 Å². The van der Waals surface area contributed by atoms with E-state index in [-0.39, 0.29) is 30.7 Å². The van der Waals surface area contributed by atoms with Crippen LogP contribution in [0.3, 0.4) is 0 Å². The van der Waals surface area contributed by atoms with Gasteiger partial charge in [-0.15, -0.1) is 24.8 Å². The maximum Gasteiger partial charge on any atom is 0.222 e. The lowest BCUT2D eigenvalue weighted by atomic mass is 9.99. The van der Waals surface area contributed by atoms with Crippen LogP contribution in [0.25, 0.3) is 0 Å². The number of benzene rings is 1. The van der Waals surface area contributed by atoms with Crippen LogP contribution in [-0.4, -0.2) is 47.9 Å². The number of halogens is 2. The number of likely N-dealkylation sites (tertiary alicyclic amines) is 2. The molecular formula is C19H31Cl2N3O. The Bertz CT molecular complexity index is 527. The highest BCUT2D eigenvalue weighted by atomic mass is 35.5. The van der Waals surface area contributed by atoms with E-state index in [1.54, 1.807) is 0 Å². The summed E-state index contributed by atoms with van der Waals surface area (Å²) in [4.78, 5) is 17.1. The molecule has 0 bridgehead atoms. The van der Waals surface area contributed by atoms with E-state index in [9.17, 15) is 4.79 Å². The molecule has 0 aliphatic carbocycles. The van der Waals surface area contributed by atoms with Crippen molar-refractivity contribution in [1.29, 1.82) is 0 Å². The van der Waals surface area contributed by atoms with E-state index in [0.717, 1.165) is 43.6 Å². The van der Waals surface area contributed by atoms with Crippen LogP contribution in [0.1, 0.15) is 44.1 Å². The summed E-state index contributed by atoms with van der Waals surface area (Å²) in [5.41, 5.74) is 7.84. The molecule has 2 heterocycles. The van der Waals surface area contributed by atoms with E-state index >= 15 is 0 Å². The fraction of sp³-hybridized carbons (Fsp3) is 0.632. The fourth-order valence-electron chi connectivity index (χ4n) is 3.93. The maximum absolute atomic E-state index is 12.4. The van der Waals surface area contributed by atoms with E-state index in [4.69, 9.17) is 5.73 Å². The van der Waals surface area contributed by atoms with Crippen LogP contribution in [0.2, 0.25) is 0 Å². The first-order valence-electron chi connectivity index (χ1n) is 9.09. The van der Waals surface area contributed by atoms with Gasteiger partial charge < -0.3 is 15.5 Å². The number of carbonyl (C=O) groups excluding carboxylic acids is 1. The normalized spacial score (nSPS) is 19.0. The summed E-state index contributed by atoms with van der Waals surface area (Å²) in [5.74, 6) is 0.283. The van der Waals surface area contributed by atoms with E-state index in [0.29, 0.717) is 12.5 Å². The number of nitrogen functional groups attached to an aromatic ring is 1. The molecule has 0 unspecified atom stereocenters. The number of piperidine rings is 2. The highest BCUT2D eigenvalue weighted by Crippen LogP contribution is 2.21. The third kappa shape index (κ3) is 6.05. The molecule has 0 aromatic heterocycles. The minimum Gasteiger partial charge on any atom is -0.399 e. The van der Waals surface area contributed by atoms with Crippen molar-refractivity contribution < 1.29 is 4.79 Å². The molecule has 142 valence electrons. The van der Waals surface area contributed by atoms with Crippen molar-refractivity contribution in [3.05, 3.63) is 29.8 Å². The molecule has 2 aliphatic rings. The summed E-state index contributed by atoms with van der Waals surface area (Å²) in [6, 6.07) is 8.55. The van der Waals surface area contributed by atoms with E-state index in [2.05, 4.69) is 9.80 Å². The van der Waals surface area contributed by atoms with Crippen LogP contribution in [-0.2, 0) is 11.2 Å². The predicted octanol–water partition coefficient (Wildman–Crippen LogP) is 3.52. The summed E-state index contributed by atoms with van der Waals surface area (Å²) < 4.78 is 0. The van der Waals surface area contributed by atoms with Gasteiger partial charge in [0.15, 0.2) is 0 Å². The highest BCUT2D eigenvalue weighted by molar-refractivity contribution is 5.85. The van der Waals surface area contributed by atoms with Crippen LogP contribution in [0, 0.1) is 0 Å². The van der Waals surface area contributed by atoms with Gasteiger partial charge in [-0.2, -0.15) is 0 Å². The lowest BCUT2D eigenvalue weighted by molar-refractivity contribution is -0.132. The second-order valence-electron chi connectivity index (χ2n) is 6.91. The average molecular weight is 388 g/mol. The van der Waals surface area contributed by atoms with Crippen molar-refractivity contribution in [2.45, 2.75) is 51.0 Å². The maximum atomic E-state index is 12.4. The number of nitrogens with zero attached hydrogens (tertiary/aromatic N) is 2. The Balaban J connectivity index is 0.00000156. The van der Waals surface area contributed by atoms with Gasteiger partial charge in [-0.05, 0) is 56.8 Å². The second kappa shape index (κ2) is 10.9. The molecule has 1 aromatic carbocycles. The molecule has 3 rings (SSSR count). The number of amides is 1. The molecule has 0 spiro atoms. The van der Waals surface area contributed by atoms with Crippen LogP contribution in [0.15, 0.2) is 24.3 Å². The zero-order chi connectivity index (χ0) is 16.1. The number of carbonyl (C=O) groups is 1. The number of aryl methyl sites for hydroxylation is 1. The van der Waals surface area contributed by atoms with Gasteiger partial charge >= 0.3 is 0 Å². The van der Waals surface area contributed by atoms with Crippen molar-refractivity contribution in [2.75, 3.05) is 31.9 Å². The molecular weight excluding hydrogens is 357 g/mol. The first kappa shape index (κ1) is 22.1. The lowest BCUT2D eigenvalue weighted by Gasteiger charge is -2.40. The first-order valence-corrected chi connectivity index (χ1v) is 9.09. The molecule has 0 radical (unpaired) electrons. The molecule has 1 aromatic rings. The molecule has 2 N–H and O–H groups in total. The van der Waals surface area contributed by atoms with Gasteiger partial charge in [0.1, 0.15) is 0 Å². The Hall–Kier alpha value is -0.970. The van der Waals surface area contributed by atoms with Crippen LogP contribution >= 0.6 is 24.8 Å². The van der Waals surface area contributed by atoms with Gasteiger partial charge in [0.05, 0.1) is 0 Å². The first-order chi connectivity index (χ1) is 11.2. The van der Waals surface area contributed by atoms with Gasteiger partial charge in [0.25, 0.3) is 0 Å². The highest BCUT2D eigenvalue weighted by Gasteiger charge is 2.27. The van der Waals surface area contributed by atoms with Crippen LogP contribution < -0.4 is 5.73 Å². The number of hydrogen-bond donors (Lipinski definition) is 1. The Labute approximate surface area is 163 Å². The summed E-state index contributed by atoms with van der Waals surface area (Å²) in [6.45, 7) is 4.35. The quantitative estimate of drug-likeness (QED) is 0.803. The summed E-state index contributed by atoms with van der Waals surface area (Å²) >= 11 is 0. The third-order valence-electron chi connectivity index (χ3n) is 5.39. The van der Waals surface area contributed by atoms with Gasteiger partial charge in [-0.3, -0.25) is 4.79 Å². The van der Waals surface area contributed by atoms with Gasteiger partial charge in [-0.1, -0.05) is 24.6 Å². The van der Waals surface area contributed by atoms with E-state index in [1.165, 1.54) is 32.4 Å². The second-order valence-corrected chi connectivity index (χ2v) is 6.91. The van der Waals surface area contributed by atoms with Crippen molar-refractivity contribution in [3.8, 4) is 0 Å². The minimum absolute atomic E-state index is 0. The Morgan fingerprint density at radius 3 is 2.28 bits per heavy atom. The molecule has 25 heavy (non-hydrogen) atoms. The molecule has 4 nitrogen and oxygen atoms in total. The molecule has 0 saturated carbocycles. The van der Waals surface area contributed by atoms with Crippen molar-refractivity contribution in [1.82, 2.24) is 9.80 Å². The smallest absolute Gasteiger partial charge is 0.222 e. The predicted molar refractivity (Wildman–Crippen MR) is 109 cm³/mol. The standard InChI is InChI=1S/C19H29N3O.2ClH/c20-18-7-3-2-6-16(18)8-9-19(23)22-14-10-17(11-15-22)21-12-4-1-5-13-21;;/h2-3,6-7,17H,1,4-5,8-15,20H2;2*1H.